The summed E-state index contributed by atoms with van der Waals surface area (Å²) >= 11 is 0. The van der Waals surface area contributed by atoms with Crippen LogP contribution in [0.4, 0.5) is 0 Å². The van der Waals surface area contributed by atoms with E-state index >= 15 is 0 Å². The molecule has 12 heavy (non-hydrogen) atoms. The molecule has 1 N–H and O–H groups in total. The number of hydrogen-bond donors (Lipinski definition) is 1. The first kappa shape index (κ1) is 9.26. The molecule has 3 heteroatoms. The summed E-state index contributed by atoms with van der Waals surface area (Å²) in [5, 5.41) is 8.90. The Morgan fingerprint density at radius 1 is 1.50 bits per heavy atom. The summed E-state index contributed by atoms with van der Waals surface area (Å²) in [7, 11) is 0. The number of aromatic nitrogens is 2. The van der Waals surface area contributed by atoms with Gasteiger partial charge in [-0.1, -0.05) is 19.8 Å². The highest BCUT2D eigenvalue weighted by atomic mass is 16.3. The molecule has 0 saturated carbocycles. The molecule has 3 nitrogen and oxygen atoms in total. The normalized spacial score (nSPS) is 10.5. The van der Waals surface area contributed by atoms with E-state index in [9.17, 15) is 0 Å². The predicted molar refractivity (Wildman–Crippen MR) is 47.7 cm³/mol. The van der Waals surface area contributed by atoms with Crippen LogP contribution in [0.3, 0.4) is 0 Å². The van der Waals surface area contributed by atoms with Crippen LogP contribution in [-0.4, -0.2) is 14.7 Å². The summed E-state index contributed by atoms with van der Waals surface area (Å²) in [5.74, 6) is 0. The Bertz CT molecular complexity index is 220. The van der Waals surface area contributed by atoms with Crippen LogP contribution in [0.2, 0.25) is 0 Å². The van der Waals surface area contributed by atoms with Crippen LogP contribution in [-0.2, 0) is 13.2 Å². The minimum Gasteiger partial charge on any atom is -0.390 e. The Morgan fingerprint density at radius 2 is 2.33 bits per heavy atom. The number of aliphatic hydroxyl groups is 1. The van der Waals surface area contributed by atoms with Gasteiger partial charge in [0, 0.05) is 6.54 Å². The van der Waals surface area contributed by atoms with Gasteiger partial charge in [0.05, 0.1) is 24.8 Å². The summed E-state index contributed by atoms with van der Waals surface area (Å²) < 4.78 is 2.01. The number of imidazole rings is 1. The summed E-state index contributed by atoms with van der Waals surface area (Å²) in [5.41, 5.74) is 0.908. The second-order valence-electron chi connectivity index (χ2n) is 2.94. The second kappa shape index (κ2) is 4.93. The molecule has 0 aliphatic carbocycles. The first-order valence-electron chi connectivity index (χ1n) is 4.48. The van der Waals surface area contributed by atoms with Crippen LogP contribution in [0.25, 0.3) is 0 Å². The number of aliphatic hydroxyl groups excluding tert-OH is 1. The van der Waals surface area contributed by atoms with Gasteiger partial charge in [-0.05, 0) is 6.42 Å². The molecule has 1 aromatic rings. The monoisotopic (exact) mass is 168 g/mol. The largest absolute Gasteiger partial charge is 0.390 e. The van der Waals surface area contributed by atoms with Crippen LogP contribution in [0.5, 0.6) is 0 Å². The Labute approximate surface area is 73.1 Å². The van der Waals surface area contributed by atoms with E-state index in [4.69, 9.17) is 5.11 Å². The molecule has 68 valence electrons. The van der Waals surface area contributed by atoms with Gasteiger partial charge < -0.3 is 9.67 Å². The minimum atomic E-state index is 0.0894. The maximum atomic E-state index is 8.90. The maximum absolute atomic E-state index is 8.90. The third-order valence-electron chi connectivity index (χ3n) is 1.96. The quantitative estimate of drug-likeness (QED) is 0.678. The fourth-order valence-electron chi connectivity index (χ4n) is 1.21. The van der Waals surface area contributed by atoms with Gasteiger partial charge >= 0.3 is 0 Å². The molecule has 0 spiro atoms. The smallest absolute Gasteiger partial charge is 0.0948 e. The van der Waals surface area contributed by atoms with E-state index in [1.165, 1.54) is 19.3 Å². The molecule has 1 aromatic heterocycles. The molecule has 0 radical (unpaired) electrons. The summed E-state index contributed by atoms with van der Waals surface area (Å²) in [6, 6.07) is 0. The van der Waals surface area contributed by atoms with Gasteiger partial charge in [0.25, 0.3) is 0 Å². The minimum absolute atomic E-state index is 0.0894. The van der Waals surface area contributed by atoms with E-state index < -0.39 is 0 Å². The fourth-order valence-corrected chi connectivity index (χ4v) is 1.21. The lowest BCUT2D eigenvalue weighted by atomic mass is 10.2. The highest BCUT2D eigenvalue weighted by molar-refractivity contribution is 4.95. The summed E-state index contributed by atoms with van der Waals surface area (Å²) in [4.78, 5) is 3.97. The van der Waals surface area contributed by atoms with Crippen LogP contribution in [0.15, 0.2) is 12.5 Å². The molecule has 0 amide bonds. The molecule has 0 saturated heterocycles. The molecule has 0 aromatic carbocycles. The predicted octanol–water partition coefficient (Wildman–Crippen LogP) is 1.57. The number of rotatable bonds is 5. The molecule has 0 atom stereocenters. The molecular weight excluding hydrogens is 152 g/mol. The van der Waals surface area contributed by atoms with E-state index in [-0.39, 0.29) is 6.61 Å². The Morgan fingerprint density at radius 3 is 3.00 bits per heavy atom. The number of unbranched alkanes of at least 4 members (excludes halogenated alkanes) is 2. The zero-order chi connectivity index (χ0) is 8.81. The Kier molecular flexibility index (Phi) is 3.80. The van der Waals surface area contributed by atoms with Crippen molar-refractivity contribution < 1.29 is 5.11 Å². The lowest BCUT2D eigenvalue weighted by molar-refractivity contribution is 0.270. The summed E-state index contributed by atoms with van der Waals surface area (Å²) in [6.07, 6.45) is 7.12. The first-order chi connectivity index (χ1) is 5.88. The van der Waals surface area contributed by atoms with Crippen molar-refractivity contribution in [1.29, 1.82) is 0 Å². The van der Waals surface area contributed by atoms with Crippen LogP contribution in [0, 0.1) is 0 Å². The standard InChI is InChI=1S/C9H16N2O/c1-2-3-4-5-11-8-10-6-9(11)7-12/h6,8,12H,2-5,7H2,1H3. The molecule has 0 aliphatic heterocycles. The Hall–Kier alpha value is -0.830. The van der Waals surface area contributed by atoms with Crippen molar-refractivity contribution in [2.75, 3.05) is 0 Å². The van der Waals surface area contributed by atoms with Crippen molar-refractivity contribution in [3.05, 3.63) is 18.2 Å². The zero-order valence-corrected chi connectivity index (χ0v) is 7.53. The van der Waals surface area contributed by atoms with Gasteiger partial charge in [-0.2, -0.15) is 0 Å². The van der Waals surface area contributed by atoms with Crippen LogP contribution < -0.4 is 0 Å². The van der Waals surface area contributed by atoms with Crippen LogP contribution in [0.1, 0.15) is 31.9 Å². The second-order valence-corrected chi connectivity index (χ2v) is 2.94. The van der Waals surface area contributed by atoms with Crippen molar-refractivity contribution in [2.45, 2.75) is 39.3 Å². The van der Waals surface area contributed by atoms with Gasteiger partial charge in [0.15, 0.2) is 0 Å². The molecule has 0 aliphatic rings. The molecule has 1 rings (SSSR count). The van der Waals surface area contributed by atoms with Crippen molar-refractivity contribution in [3.63, 3.8) is 0 Å². The third-order valence-corrected chi connectivity index (χ3v) is 1.96. The molecule has 0 unspecified atom stereocenters. The van der Waals surface area contributed by atoms with Gasteiger partial charge in [0.1, 0.15) is 0 Å². The van der Waals surface area contributed by atoms with E-state index in [0.29, 0.717) is 0 Å². The van der Waals surface area contributed by atoms with E-state index in [1.54, 1.807) is 12.5 Å². The number of aryl methyl sites for hydroxylation is 1. The first-order valence-corrected chi connectivity index (χ1v) is 4.48. The third kappa shape index (κ3) is 2.34. The van der Waals surface area contributed by atoms with E-state index in [0.717, 1.165) is 12.2 Å². The molecule has 0 fully saturated rings. The van der Waals surface area contributed by atoms with Crippen molar-refractivity contribution in [2.24, 2.45) is 0 Å². The molecular formula is C9H16N2O. The van der Waals surface area contributed by atoms with E-state index in [1.807, 2.05) is 4.57 Å². The highest BCUT2D eigenvalue weighted by Gasteiger charge is 1.98. The lowest BCUT2D eigenvalue weighted by Gasteiger charge is -2.04. The molecule has 1 heterocycles. The average molecular weight is 168 g/mol. The summed E-state index contributed by atoms with van der Waals surface area (Å²) in [6.45, 7) is 3.25. The lowest BCUT2D eigenvalue weighted by Crippen LogP contribution is -2.01. The fraction of sp³-hybridized carbons (Fsp3) is 0.667. The zero-order valence-electron chi connectivity index (χ0n) is 7.53. The topological polar surface area (TPSA) is 38.0 Å². The van der Waals surface area contributed by atoms with Crippen LogP contribution >= 0.6 is 0 Å². The van der Waals surface area contributed by atoms with Crippen molar-refractivity contribution >= 4 is 0 Å². The van der Waals surface area contributed by atoms with Crippen molar-refractivity contribution in [1.82, 2.24) is 9.55 Å². The average Bonchev–Trinajstić information content (AvgIpc) is 2.52. The molecule has 0 bridgehead atoms. The highest BCUT2D eigenvalue weighted by Crippen LogP contribution is 2.03. The number of nitrogens with zero attached hydrogens (tertiary/aromatic N) is 2. The van der Waals surface area contributed by atoms with Gasteiger partial charge in [-0.3, -0.25) is 0 Å². The maximum Gasteiger partial charge on any atom is 0.0948 e. The van der Waals surface area contributed by atoms with Gasteiger partial charge in [-0.15, -0.1) is 0 Å². The van der Waals surface area contributed by atoms with Crippen molar-refractivity contribution in [3.8, 4) is 0 Å². The van der Waals surface area contributed by atoms with Gasteiger partial charge in [0.2, 0.25) is 0 Å². The SMILES string of the molecule is CCCCCn1cncc1CO. The van der Waals surface area contributed by atoms with E-state index in [2.05, 4.69) is 11.9 Å². The van der Waals surface area contributed by atoms with Gasteiger partial charge in [-0.25, -0.2) is 4.98 Å². The number of hydrogen-bond acceptors (Lipinski definition) is 2. The Balaban J connectivity index is 2.39.